The first-order valence-electron chi connectivity index (χ1n) is 4.67. The fraction of sp³-hybridized carbons (Fsp3) is 0.750. The molecule has 2 N–H and O–H groups in total. The minimum atomic E-state index is -3.14. The van der Waals surface area contributed by atoms with E-state index in [0.717, 1.165) is 18.4 Å². The molecule has 0 amide bonds. The van der Waals surface area contributed by atoms with Gasteiger partial charge in [0.1, 0.15) is 5.75 Å². The predicted molar refractivity (Wildman–Crippen MR) is 62.8 cm³/mol. The van der Waals surface area contributed by atoms with Gasteiger partial charge in [0.25, 0.3) is 0 Å². The van der Waals surface area contributed by atoms with Crippen LogP contribution in [0.4, 0.5) is 0 Å². The molecule has 6 nitrogen and oxygen atoms in total. The lowest BCUT2D eigenvalue weighted by atomic mass is 10.2. The summed E-state index contributed by atoms with van der Waals surface area (Å²) in [6.45, 7) is 0. The Morgan fingerprint density at radius 1 is 1.56 bits per heavy atom. The van der Waals surface area contributed by atoms with E-state index in [-0.39, 0.29) is 17.6 Å². The smallest absolute Gasteiger partial charge is 0.243 e. The number of hydrogen-bond donors (Lipinski definition) is 1. The Balaban J connectivity index is 2.64. The predicted octanol–water partition coefficient (Wildman–Crippen LogP) is 0.367. The van der Waals surface area contributed by atoms with Crippen LogP contribution in [0.1, 0.15) is 24.2 Å². The van der Waals surface area contributed by atoms with Crippen molar-refractivity contribution >= 4 is 21.6 Å². The third-order valence-corrected chi connectivity index (χ3v) is 3.25. The molecule has 0 fully saturated rings. The molecule has 1 heterocycles. The fourth-order valence-electron chi connectivity index (χ4n) is 1.08. The Hall–Kier alpha value is -0.600. The number of aromatic nitrogens is 2. The molecule has 0 spiro atoms. The molecule has 0 unspecified atom stereocenters. The van der Waals surface area contributed by atoms with Crippen LogP contribution >= 0.6 is 11.8 Å². The largest absolute Gasteiger partial charge is 0.338 e. The summed E-state index contributed by atoms with van der Waals surface area (Å²) in [6, 6.07) is -0.326. The molecule has 0 aliphatic carbocycles. The molecule has 16 heavy (non-hydrogen) atoms. The molecule has 0 aliphatic heterocycles. The van der Waals surface area contributed by atoms with E-state index in [1.54, 1.807) is 11.8 Å². The van der Waals surface area contributed by atoms with Crippen LogP contribution in [0, 0.1) is 0 Å². The maximum Gasteiger partial charge on any atom is 0.243 e. The topological polar surface area (TPSA) is 99.1 Å². The third-order valence-electron chi connectivity index (χ3n) is 1.83. The van der Waals surface area contributed by atoms with E-state index in [9.17, 15) is 8.42 Å². The summed E-state index contributed by atoms with van der Waals surface area (Å²) in [6.07, 6.45) is 3.83. The van der Waals surface area contributed by atoms with E-state index >= 15 is 0 Å². The molecule has 1 aromatic heterocycles. The molecule has 1 rings (SSSR count). The van der Waals surface area contributed by atoms with E-state index < -0.39 is 9.84 Å². The maximum absolute atomic E-state index is 11.0. The van der Waals surface area contributed by atoms with Crippen molar-refractivity contribution in [2.75, 3.05) is 18.3 Å². The van der Waals surface area contributed by atoms with Gasteiger partial charge in [-0.2, -0.15) is 16.7 Å². The minimum absolute atomic E-state index is 0.164. The monoisotopic (exact) mass is 265 g/mol. The van der Waals surface area contributed by atoms with Gasteiger partial charge in [0.05, 0.1) is 6.04 Å². The number of rotatable bonds is 6. The number of sulfone groups is 1. The zero-order valence-corrected chi connectivity index (χ0v) is 10.8. The van der Waals surface area contributed by atoms with Crippen molar-refractivity contribution in [1.29, 1.82) is 0 Å². The summed E-state index contributed by atoms with van der Waals surface area (Å²) in [5, 5.41) is 3.58. The highest BCUT2D eigenvalue weighted by Gasteiger charge is 2.16. The standard InChI is InChI=1S/C8H15N3O3S2/c1-15-4-3-6(9)8-10-7(11-14-8)5-16(2,12)13/h6H,3-5,9H2,1-2H3/t6-/m0/s1. The Labute approximate surface area is 98.9 Å². The van der Waals surface area contributed by atoms with Crippen LogP contribution in [-0.4, -0.2) is 36.8 Å². The van der Waals surface area contributed by atoms with Gasteiger partial charge in [-0.05, 0) is 18.4 Å². The Morgan fingerprint density at radius 3 is 2.81 bits per heavy atom. The van der Waals surface area contributed by atoms with Crippen LogP contribution in [0.25, 0.3) is 0 Å². The molecule has 0 radical (unpaired) electrons. The highest BCUT2D eigenvalue weighted by atomic mass is 32.2. The van der Waals surface area contributed by atoms with Gasteiger partial charge in [-0.15, -0.1) is 0 Å². The molecular formula is C8H15N3O3S2. The first kappa shape index (κ1) is 13.5. The van der Waals surface area contributed by atoms with Gasteiger partial charge in [-0.3, -0.25) is 0 Å². The van der Waals surface area contributed by atoms with Crippen molar-refractivity contribution < 1.29 is 12.9 Å². The van der Waals surface area contributed by atoms with Gasteiger partial charge in [0, 0.05) is 6.26 Å². The van der Waals surface area contributed by atoms with E-state index in [1.165, 1.54) is 0 Å². The molecular weight excluding hydrogens is 250 g/mol. The summed E-state index contributed by atoms with van der Waals surface area (Å²) in [7, 11) is -3.14. The van der Waals surface area contributed by atoms with Crippen LogP contribution in [0.2, 0.25) is 0 Å². The van der Waals surface area contributed by atoms with Gasteiger partial charge >= 0.3 is 0 Å². The zero-order valence-electron chi connectivity index (χ0n) is 9.21. The second kappa shape index (κ2) is 5.65. The van der Waals surface area contributed by atoms with Crippen LogP contribution in [0.5, 0.6) is 0 Å². The van der Waals surface area contributed by atoms with E-state index in [0.29, 0.717) is 5.89 Å². The lowest BCUT2D eigenvalue weighted by molar-refractivity contribution is 0.349. The Morgan fingerprint density at radius 2 is 2.25 bits per heavy atom. The molecule has 0 aromatic carbocycles. The van der Waals surface area contributed by atoms with E-state index in [1.807, 2.05) is 6.26 Å². The van der Waals surface area contributed by atoms with Crippen molar-refractivity contribution in [3.8, 4) is 0 Å². The van der Waals surface area contributed by atoms with Crippen LogP contribution in [-0.2, 0) is 15.6 Å². The van der Waals surface area contributed by atoms with E-state index in [2.05, 4.69) is 10.1 Å². The summed E-state index contributed by atoms with van der Waals surface area (Å²) in [5.74, 6) is 1.14. The third kappa shape index (κ3) is 4.50. The number of nitrogens with zero attached hydrogens (tertiary/aromatic N) is 2. The zero-order chi connectivity index (χ0) is 12.2. The van der Waals surface area contributed by atoms with Crippen molar-refractivity contribution in [3.63, 3.8) is 0 Å². The Bertz CT molecular complexity index is 429. The average molecular weight is 265 g/mol. The van der Waals surface area contributed by atoms with Crippen LogP contribution in [0.15, 0.2) is 4.52 Å². The van der Waals surface area contributed by atoms with Gasteiger partial charge in [0.2, 0.25) is 5.89 Å². The molecule has 0 aliphatic rings. The number of nitrogens with two attached hydrogens (primary N) is 1. The minimum Gasteiger partial charge on any atom is -0.338 e. The van der Waals surface area contributed by atoms with Gasteiger partial charge in [0.15, 0.2) is 15.7 Å². The Kier molecular flexibility index (Phi) is 4.75. The van der Waals surface area contributed by atoms with Crippen molar-refractivity contribution in [3.05, 3.63) is 11.7 Å². The van der Waals surface area contributed by atoms with Crippen molar-refractivity contribution in [2.45, 2.75) is 18.2 Å². The number of hydrogen-bond acceptors (Lipinski definition) is 7. The lowest BCUT2D eigenvalue weighted by Crippen LogP contribution is -2.12. The quantitative estimate of drug-likeness (QED) is 0.793. The summed E-state index contributed by atoms with van der Waals surface area (Å²) in [4.78, 5) is 3.96. The maximum atomic E-state index is 11.0. The first-order chi connectivity index (χ1) is 7.42. The average Bonchev–Trinajstić information content (AvgIpc) is 2.59. The van der Waals surface area contributed by atoms with Crippen molar-refractivity contribution in [2.24, 2.45) is 5.73 Å². The second-order valence-electron chi connectivity index (χ2n) is 3.51. The summed E-state index contributed by atoms with van der Waals surface area (Å²) < 4.78 is 26.9. The molecule has 0 saturated carbocycles. The second-order valence-corrected chi connectivity index (χ2v) is 6.63. The van der Waals surface area contributed by atoms with Crippen molar-refractivity contribution in [1.82, 2.24) is 10.1 Å². The molecule has 1 aromatic rings. The van der Waals surface area contributed by atoms with Gasteiger partial charge in [-0.25, -0.2) is 8.42 Å². The molecule has 8 heteroatoms. The van der Waals surface area contributed by atoms with Crippen LogP contribution < -0.4 is 5.73 Å². The summed E-state index contributed by atoms with van der Waals surface area (Å²) in [5.41, 5.74) is 5.80. The molecule has 1 atom stereocenters. The first-order valence-corrected chi connectivity index (χ1v) is 8.12. The van der Waals surface area contributed by atoms with Gasteiger partial charge in [-0.1, -0.05) is 5.16 Å². The normalized spacial score (nSPS) is 13.9. The van der Waals surface area contributed by atoms with Gasteiger partial charge < -0.3 is 10.3 Å². The van der Waals surface area contributed by atoms with Crippen LogP contribution in [0.3, 0.4) is 0 Å². The van der Waals surface area contributed by atoms with E-state index in [4.69, 9.17) is 10.3 Å². The highest BCUT2D eigenvalue weighted by molar-refractivity contribution is 7.98. The lowest BCUT2D eigenvalue weighted by Gasteiger charge is -2.03. The SMILES string of the molecule is CSCC[C@H](N)c1nc(CS(C)(=O)=O)no1. The fourth-order valence-corrected chi connectivity index (χ4v) is 2.16. The molecule has 0 bridgehead atoms. The molecule has 92 valence electrons. The molecule has 0 saturated heterocycles. The summed E-state index contributed by atoms with van der Waals surface area (Å²) >= 11 is 1.68. The highest BCUT2D eigenvalue weighted by Crippen LogP contribution is 2.14. The number of thioether (sulfide) groups is 1.